The quantitative estimate of drug-likeness (QED) is 0.767. The van der Waals surface area contributed by atoms with E-state index in [1.54, 1.807) is 13.8 Å². The fourth-order valence-corrected chi connectivity index (χ4v) is 1.19. The first-order chi connectivity index (χ1) is 6.38. The molecule has 0 spiro atoms. The Morgan fingerprint density at radius 1 is 1.36 bits per heavy atom. The number of benzene rings is 1. The third-order valence-electron chi connectivity index (χ3n) is 2.27. The molecule has 1 aromatic carbocycles. The number of phenols is 1. The Labute approximate surface area is 81.4 Å². The number of nitrogens with two attached hydrogens (primary N) is 1. The molecule has 1 aromatic rings. The zero-order chi connectivity index (χ0) is 10.9. The molecule has 4 heteroatoms. The van der Waals surface area contributed by atoms with Crippen LogP contribution in [0, 0.1) is 11.6 Å². The predicted molar refractivity (Wildman–Crippen MR) is 50.1 cm³/mol. The largest absolute Gasteiger partial charge is 0.505 e. The number of phenolic OH excluding ortho intramolecular Hbond substituents is 1. The summed E-state index contributed by atoms with van der Waals surface area (Å²) in [5.74, 6) is -2.19. The lowest BCUT2D eigenvalue weighted by Crippen LogP contribution is -2.28. The third kappa shape index (κ3) is 1.85. The van der Waals surface area contributed by atoms with Gasteiger partial charge in [0.05, 0.1) is 0 Å². The van der Waals surface area contributed by atoms with Gasteiger partial charge < -0.3 is 10.8 Å². The molecule has 0 aliphatic carbocycles. The van der Waals surface area contributed by atoms with E-state index in [0.717, 1.165) is 6.07 Å². The molecule has 1 rings (SSSR count). The van der Waals surface area contributed by atoms with Gasteiger partial charge in [-0.3, -0.25) is 0 Å². The van der Waals surface area contributed by atoms with E-state index in [1.807, 2.05) is 0 Å². The maximum absolute atomic E-state index is 13.0. The van der Waals surface area contributed by atoms with Gasteiger partial charge in [-0.15, -0.1) is 0 Å². The first-order valence-corrected chi connectivity index (χ1v) is 4.27. The van der Waals surface area contributed by atoms with E-state index < -0.39 is 22.8 Å². The van der Waals surface area contributed by atoms with Crippen molar-refractivity contribution in [3.8, 4) is 5.75 Å². The Kier molecular flexibility index (Phi) is 2.76. The van der Waals surface area contributed by atoms with E-state index >= 15 is 0 Å². The maximum atomic E-state index is 13.0. The smallest absolute Gasteiger partial charge is 0.168 e. The second kappa shape index (κ2) is 3.53. The summed E-state index contributed by atoms with van der Waals surface area (Å²) in [6.45, 7) is 3.62. The van der Waals surface area contributed by atoms with E-state index in [9.17, 15) is 13.9 Å². The Hall–Kier alpha value is -1.16. The van der Waals surface area contributed by atoms with Crippen LogP contribution < -0.4 is 5.73 Å². The molecule has 0 saturated carbocycles. The van der Waals surface area contributed by atoms with Gasteiger partial charge in [0.2, 0.25) is 0 Å². The zero-order valence-electron chi connectivity index (χ0n) is 8.14. The van der Waals surface area contributed by atoms with Gasteiger partial charge in [0.25, 0.3) is 0 Å². The van der Waals surface area contributed by atoms with Crippen LogP contribution in [0.4, 0.5) is 8.78 Å². The highest BCUT2D eigenvalue weighted by Gasteiger charge is 2.25. The fraction of sp³-hybridized carbons (Fsp3) is 0.400. The van der Waals surface area contributed by atoms with Gasteiger partial charge in [-0.25, -0.2) is 8.78 Å². The molecule has 0 aliphatic rings. The second-order valence-electron chi connectivity index (χ2n) is 3.87. The summed E-state index contributed by atoms with van der Waals surface area (Å²) in [5, 5.41) is 9.39. The summed E-state index contributed by atoms with van der Waals surface area (Å²) < 4.78 is 25.9. The van der Waals surface area contributed by atoms with Gasteiger partial charge in [0.15, 0.2) is 11.6 Å². The normalized spacial score (nSPS) is 11.8. The van der Waals surface area contributed by atoms with Crippen molar-refractivity contribution in [1.82, 2.24) is 0 Å². The minimum Gasteiger partial charge on any atom is -0.505 e. The number of hydrogen-bond acceptors (Lipinski definition) is 2. The molecule has 0 bridgehead atoms. The first kappa shape index (κ1) is 10.9. The van der Waals surface area contributed by atoms with Crippen LogP contribution in [0.3, 0.4) is 0 Å². The number of rotatable bonds is 2. The van der Waals surface area contributed by atoms with E-state index in [1.165, 1.54) is 0 Å². The minimum absolute atomic E-state index is 0.192. The topological polar surface area (TPSA) is 46.2 Å². The van der Waals surface area contributed by atoms with E-state index in [-0.39, 0.29) is 12.1 Å². The third-order valence-corrected chi connectivity index (χ3v) is 2.27. The number of halogens is 2. The van der Waals surface area contributed by atoms with E-state index in [0.29, 0.717) is 6.07 Å². The lowest BCUT2D eigenvalue weighted by Gasteiger charge is -2.24. The first-order valence-electron chi connectivity index (χ1n) is 4.27. The van der Waals surface area contributed by atoms with Crippen molar-refractivity contribution in [2.45, 2.75) is 19.3 Å². The van der Waals surface area contributed by atoms with Gasteiger partial charge in [0, 0.05) is 23.6 Å². The average Bonchev–Trinajstić information content (AvgIpc) is 2.11. The van der Waals surface area contributed by atoms with Crippen LogP contribution in [0.1, 0.15) is 19.4 Å². The van der Waals surface area contributed by atoms with Crippen molar-refractivity contribution in [1.29, 1.82) is 0 Å². The highest BCUT2D eigenvalue weighted by Crippen LogP contribution is 2.32. The standard InChI is InChI=1S/C10H13F2NO/c1-10(2,5-13)7-3-6(11)4-8(12)9(7)14/h3-4,14H,5,13H2,1-2H3. The van der Waals surface area contributed by atoms with Crippen molar-refractivity contribution < 1.29 is 13.9 Å². The molecule has 78 valence electrons. The highest BCUT2D eigenvalue weighted by molar-refractivity contribution is 5.39. The SMILES string of the molecule is CC(C)(CN)c1cc(F)cc(F)c1O. The zero-order valence-corrected chi connectivity index (χ0v) is 8.14. The van der Waals surface area contributed by atoms with Crippen molar-refractivity contribution in [2.24, 2.45) is 5.73 Å². The van der Waals surface area contributed by atoms with Crippen molar-refractivity contribution in [3.63, 3.8) is 0 Å². The van der Waals surface area contributed by atoms with Crippen LogP contribution in [0.25, 0.3) is 0 Å². The molecule has 0 aromatic heterocycles. The van der Waals surface area contributed by atoms with Crippen LogP contribution in [-0.4, -0.2) is 11.7 Å². The fourth-order valence-electron chi connectivity index (χ4n) is 1.19. The molecule has 0 amide bonds. The van der Waals surface area contributed by atoms with Gasteiger partial charge in [-0.05, 0) is 6.07 Å². The Morgan fingerprint density at radius 3 is 2.43 bits per heavy atom. The summed E-state index contributed by atoms with van der Waals surface area (Å²) in [6, 6.07) is 1.75. The predicted octanol–water partition coefficient (Wildman–Crippen LogP) is 1.91. The lowest BCUT2D eigenvalue weighted by molar-refractivity contribution is 0.399. The Morgan fingerprint density at radius 2 is 1.93 bits per heavy atom. The lowest BCUT2D eigenvalue weighted by atomic mass is 9.84. The number of aromatic hydroxyl groups is 1. The van der Waals surface area contributed by atoms with Crippen molar-refractivity contribution in [2.75, 3.05) is 6.54 Å². The van der Waals surface area contributed by atoms with Crippen LogP contribution in [0.5, 0.6) is 5.75 Å². The highest BCUT2D eigenvalue weighted by atomic mass is 19.1. The molecule has 3 N–H and O–H groups in total. The van der Waals surface area contributed by atoms with Crippen LogP contribution in [-0.2, 0) is 5.41 Å². The van der Waals surface area contributed by atoms with Gasteiger partial charge in [-0.1, -0.05) is 13.8 Å². The van der Waals surface area contributed by atoms with Crippen molar-refractivity contribution >= 4 is 0 Å². The monoisotopic (exact) mass is 201 g/mol. The van der Waals surface area contributed by atoms with Crippen LogP contribution in [0.2, 0.25) is 0 Å². The molecule has 0 radical (unpaired) electrons. The number of hydrogen-bond donors (Lipinski definition) is 2. The summed E-state index contributed by atoms with van der Waals surface area (Å²) in [5.41, 5.74) is 5.00. The van der Waals surface area contributed by atoms with Crippen LogP contribution >= 0.6 is 0 Å². The molecule has 0 heterocycles. The van der Waals surface area contributed by atoms with Gasteiger partial charge in [-0.2, -0.15) is 0 Å². The second-order valence-corrected chi connectivity index (χ2v) is 3.87. The average molecular weight is 201 g/mol. The summed E-state index contributed by atoms with van der Waals surface area (Å²) in [7, 11) is 0. The minimum atomic E-state index is -0.957. The molecular weight excluding hydrogens is 188 g/mol. The van der Waals surface area contributed by atoms with E-state index in [4.69, 9.17) is 5.73 Å². The Balaban J connectivity index is 3.34. The Bertz CT molecular complexity index is 350. The van der Waals surface area contributed by atoms with Gasteiger partial charge >= 0.3 is 0 Å². The molecule has 2 nitrogen and oxygen atoms in total. The summed E-state index contributed by atoms with van der Waals surface area (Å²) >= 11 is 0. The molecule has 0 aliphatic heterocycles. The summed E-state index contributed by atoms with van der Waals surface area (Å²) in [4.78, 5) is 0. The molecule has 0 atom stereocenters. The van der Waals surface area contributed by atoms with E-state index in [2.05, 4.69) is 0 Å². The molecular formula is C10H13F2NO. The van der Waals surface area contributed by atoms with Gasteiger partial charge in [0.1, 0.15) is 5.82 Å². The van der Waals surface area contributed by atoms with Crippen LogP contribution in [0.15, 0.2) is 12.1 Å². The molecule has 0 unspecified atom stereocenters. The van der Waals surface area contributed by atoms with Crippen molar-refractivity contribution in [3.05, 3.63) is 29.3 Å². The summed E-state index contributed by atoms with van der Waals surface area (Å²) in [6.07, 6.45) is 0. The molecule has 0 fully saturated rings. The molecule has 14 heavy (non-hydrogen) atoms. The maximum Gasteiger partial charge on any atom is 0.168 e. The molecule has 0 saturated heterocycles.